The van der Waals surface area contributed by atoms with E-state index >= 15 is 0 Å². The summed E-state index contributed by atoms with van der Waals surface area (Å²) in [4.78, 5) is 23.1. The number of rotatable bonds is 2. The van der Waals surface area contributed by atoms with Crippen molar-refractivity contribution in [2.75, 3.05) is 11.9 Å². The van der Waals surface area contributed by atoms with Gasteiger partial charge in [-0.3, -0.25) is 9.36 Å². The first kappa shape index (κ1) is 12.5. The van der Waals surface area contributed by atoms with Gasteiger partial charge in [-0.15, -0.1) is 5.10 Å². The molecule has 0 unspecified atom stereocenters. The van der Waals surface area contributed by atoms with E-state index < -0.39 is 11.2 Å². The molecule has 0 aromatic carbocycles. The molecule has 0 aliphatic carbocycles. The Balaban J connectivity index is 3.08. The van der Waals surface area contributed by atoms with Crippen molar-refractivity contribution in [1.82, 2.24) is 14.3 Å². The normalized spacial score (nSPS) is 11.6. The van der Waals surface area contributed by atoms with Crippen LogP contribution in [0.1, 0.15) is 20.8 Å². The van der Waals surface area contributed by atoms with Crippen LogP contribution >= 0.6 is 0 Å². The van der Waals surface area contributed by atoms with E-state index in [-0.39, 0.29) is 11.2 Å². The van der Waals surface area contributed by atoms with E-state index in [0.717, 1.165) is 9.25 Å². The molecule has 6 heteroatoms. The van der Waals surface area contributed by atoms with Crippen LogP contribution in [-0.2, 0) is 14.1 Å². The summed E-state index contributed by atoms with van der Waals surface area (Å²) in [5.74, 6) is 0.208. The van der Waals surface area contributed by atoms with E-state index in [1.165, 1.54) is 14.1 Å². The third-order valence-corrected chi connectivity index (χ3v) is 2.11. The van der Waals surface area contributed by atoms with Gasteiger partial charge in [-0.2, -0.15) is 0 Å². The molecule has 1 aromatic rings. The lowest BCUT2D eigenvalue weighted by Crippen LogP contribution is -2.40. The fourth-order valence-electron chi connectivity index (χ4n) is 1.16. The molecule has 0 amide bonds. The van der Waals surface area contributed by atoms with E-state index in [0.29, 0.717) is 6.54 Å². The fourth-order valence-corrected chi connectivity index (χ4v) is 1.16. The van der Waals surface area contributed by atoms with Crippen LogP contribution in [-0.4, -0.2) is 20.9 Å². The van der Waals surface area contributed by atoms with Crippen molar-refractivity contribution in [2.24, 2.45) is 19.5 Å². The molecule has 0 fully saturated rings. The van der Waals surface area contributed by atoms with Crippen LogP contribution in [0.15, 0.2) is 9.59 Å². The average Bonchev–Trinajstić information content (AvgIpc) is 2.17. The Morgan fingerprint density at radius 3 is 2.31 bits per heavy atom. The zero-order valence-corrected chi connectivity index (χ0v) is 10.4. The van der Waals surface area contributed by atoms with Gasteiger partial charge in [0.25, 0.3) is 5.56 Å². The maximum atomic E-state index is 11.7. The molecule has 16 heavy (non-hydrogen) atoms. The first-order valence-corrected chi connectivity index (χ1v) is 5.10. The first-order valence-electron chi connectivity index (χ1n) is 5.10. The Morgan fingerprint density at radius 1 is 1.25 bits per heavy atom. The van der Waals surface area contributed by atoms with Crippen molar-refractivity contribution < 1.29 is 0 Å². The summed E-state index contributed by atoms with van der Waals surface area (Å²) in [7, 11) is 2.96. The lowest BCUT2D eigenvalue weighted by Gasteiger charge is -2.19. The van der Waals surface area contributed by atoms with Crippen molar-refractivity contribution in [3.05, 3.63) is 20.8 Å². The van der Waals surface area contributed by atoms with Crippen LogP contribution in [0.2, 0.25) is 0 Å². The predicted molar refractivity (Wildman–Crippen MR) is 62.7 cm³/mol. The number of anilines is 1. The van der Waals surface area contributed by atoms with Crippen LogP contribution in [0.3, 0.4) is 0 Å². The molecule has 0 saturated heterocycles. The van der Waals surface area contributed by atoms with E-state index in [4.69, 9.17) is 0 Å². The van der Waals surface area contributed by atoms with Gasteiger partial charge in [-0.25, -0.2) is 9.48 Å². The molecule has 0 bridgehead atoms. The smallest absolute Gasteiger partial charge is 0.346 e. The topological polar surface area (TPSA) is 68.9 Å². The summed E-state index contributed by atoms with van der Waals surface area (Å²) in [6.07, 6.45) is 0. The Morgan fingerprint density at radius 2 is 1.81 bits per heavy atom. The highest BCUT2D eigenvalue weighted by molar-refractivity contribution is 5.29. The monoisotopic (exact) mass is 226 g/mol. The minimum atomic E-state index is -0.425. The minimum absolute atomic E-state index is 0.0431. The van der Waals surface area contributed by atoms with E-state index in [9.17, 15) is 9.59 Å². The summed E-state index contributed by atoms with van der Waals surface area (Å²) in [5.41, 5.74) is -0.778. The molecule has 1 aromatic heterocycles. The Kier molecular flexibility index (Phi) is 3.21. The number of nitrogens with zero attached hydrogens (tertiary/aromatic N) is 3. The molecule has 0 spiro atoms. The highest BCUT2D eigenvalue weighted by Crippen LogP contribution is 2.12. The Hall–Kier alpha value is -1.59. The van der Waals surface area contributed by atoms with Gasteiger partial charge < -0.3 is 5.32 Å². The lowest BCUT2D eigenvalue weighted by molar-refractivity contribution is 0.440. The van der Waals surface area contributed by atoms with Crippen molar-refractivity contribution in [2.45, 2.75) is 20.8 Å². The zero-order chi connectivity index (χ0) is 12.5. The van der Waals surface area contributed by atoms with Crippen LogP contribution in [0, 0.1) is 5.41 Å². The quantitative estimate of drug-likeness (QED) is 0.767. The SMILES string of the molecule is Cn1nc(NCC(C)(C)C)c(=O)n(C)c1=O. The maximum Gasteiger partial charge on any atom is 0.346 e. The molecular formula is C10H18N4O2. The predicted octanol–water partition coefficient (Wildman–Crippen LogP) is -0.0630. The van der Waals surface area contributed by atoms with E-state index in [2.05, 4.69) is 10.4 Å². The molecule has 1 heterocycles. The highest BCUT2D eigenvalue weighted by Gasteiger charge is 2.13. The largest absolute Gasteiger partial charge is 0.364 e. The summed E-state index contributed by atoms with van der Waals surface area (Å²) in [6.45, 7) is 6.76. The molecule has 0 radical (unpaired) electrons. The second-order valence-corrected chi connectivity index (χ2v) is 5.03. The van der Waals surface area contributed by atoms with Crippen molar-refractivity contribution in [3.63, 3.8) is 0 Å². The van der Waals surface area contributed by atoms with Gasteiger partial charge >= 0.3 is 5.69 Å². The van der Waals surface area contributed by atoms with Crippen LogP contribution in [0.4, 0.5) is 5.82 Å². The zero-order valence-electron chi connectivity index (χ0n) is 10.4. The van der Waals surface area contributed by atoms with E-state index in [1.54, 1.807) is 0 Å². The number of aromatic nitrogens is 3. The second kappa shape index (κ2) is 4.11. The van der Waals surface area contributed by atoms with Gasteiger partial charge in [0, 0.05) is 20.6 Å². The van der Waals surface area contributed by atoms with Gasteiger partial charge in [-0.05, 0) is 5.41 Å². The van der Waals surface area contributed by atoms with Crippen molar-refractivity contribution >= 4 is 5.82 Å². The molecule has 1 N–H and O–H groups in total. The molecule has 0 atom stereocenters. The maximum absolute atomic E-state index is 11.7. The van der Waals surface area contributed by atoms with Gasteiger partial charge in [0.2, 0.25) is 5.82 Å². The summed E-state index contributed by atoms with van der Waals surface area (Å²) in [5, 5.41) is 6.85. The van der Waals surface area contributed by atoms with Gasteiger partial charge in [0.1, 0.15) is 0 Å². The third kappa shape index (κ3) is 2.71. The molecule has 6 nitrogen and oxygen atoms in total. The molecule has 0 saturated carbocycles. The lowest BCUT2D eigenvalue weighted by atomic mass is 9.97. The first-order chi connectivity index (χ1) is 7.22. The molecule has 1 rings (SSSR count). The number of hydrogen-bond donors (Lipinski definition) is 1. The van der Waals surface area contributed by atoms with Crippen LogP contribution in [0.5, 0.6) is 0 Å². The Labute approximate surface area is 93.9 Å². The number of aryl methyl sites for hydroxylation is 1. The summed E-state index contributed by atoms with van der Waals surface area (Å²) < 4.78 is 2.18. The second-order valence-electron chi connectivity index (χ2n) is 5.03. The third-order valence-electron chi connectivity index (χ3n) is 2.11. The molecule has 0 aliphatic heterocycles. The van der Waals surface area contributed by atoms with Crippen LogP contribution in [0.25, 0.3) is 0 Å². The van der Waals surface area contributed by atoms with Gasteiger partial charge in [0.05, 0.1) is 0 Å². The average molecular weight is 226 g/mol. The van der Waals surface area contributed by atoms with Gasteiger partial charge in [-0.1, -0.05) is 20.8 Å². The Bertz CT molecular complexity index is 493. The van der Waals surface area contributed by atoms with Crippen molar-refractivity contribution in [3.8, 4) is 0 Å². The minimum Gasteiger partial charge on any atom is -0.364 e. The summed E-state index contributed by atoms with van der Waals surface area (Å²) >= 11 is 0. The van der Waals surface area contributed by atoms with E-state index in [1.807, 2.05) is 20.8 Å². The van der Waals surface area contributed by atoms with Crippen LogP contribution < -0.4 is 16.6 Å². The summed E-state index contributed by atoms with van der Waals surface area (Å²) in [6, 6.07) is 0. The molecular weight excluding hydrogens is 208 g/mol. The van der Waals surface area contributed by atoms with Crippen molar-refractivity contribution in [1.29, 1.82) is 0 Å². The standard InChI is InChI=1S/C10H18N4O2/c1-10(2,3)6-11-7-8(15)13(4)9(16)14(5)12-7/h6H2,1-5H3,(H,11,12). The number of nitrogens with one attached hydrogen (secondary N) is 1. The number of hydrogen-bond acceptors (Lipinski definition) is 4. The molecule has 0 aliphatic rings. The van der Waals surface area contributed by atoms with Gasteiger partial charge in [0.15, 0.2) is 0 Å². The molecule has 90 valence electrons. The fraction of sp³-hybridized carbons (Fsp3) is 0.700. The highest BCUT2D eigenvalue weighted by atomic mass is 16.2.